The number of aromatic nitrogens is 4. The number of nitrogens with one attached hydrogen (secondary N) is 2. The molecule has 2 atom stereocenters. The first kappa shape index (κ1) is 17.4. The molecule has 7 heteroatoms. The highest BCUT2D eigenvalue weighted by atomic mass is 16.2. The third-order valence-corrected chi connectivity index (χ3v) is 6.22. The number of amides is 1. The van der Waals surface area contributed by atoms with Crippen LogP contribution in [0.4, 0.5) is 0 Å². The number of nitrogens with zero attached hydrogens (tertiary/aromatic N) is 4. The summed E-state index contributed by atoms with van der Waals surface area (Å²) in [5.74, 6) is 1.90. The normalized spacial score (nSPS) is 23.3. The minimum Gasteiger partial charge on any atom is -0.348 e. The van der Waals surface area contributed by atoms with Gasteiger partial charge in [0.05, 0.1) is 23.9 Å². The van der Waals surface area contributed by atoms with Crippen molar-refractivity contribution in [3.8, 4) is 0 Å². The van der Waals surface area contributed by atoms with Crippen molar-refractivity contribution in [1.82, 2.24) is 29.7 Å². The van der Waals surface area contributed by atoms with Gasteiger partial charge in [-0.25, -0.2) is 9.97 Å². The molecule has 2 fully saturated rings. The average molecular weight is 378 g/mol. The van der Waals surface area contributed by atoms with Gasteiger partial charge in [-0.1, -0.05) is 12.1 Å². The van der Waals surface area contributed by atoms with Crippen LogP contribution < -0.4 is 0 Å². The Bertz CT molecular complexity index is 916. The van der Waals surface area contributed by atoms with E-state index in [2.05, 4.69) is 30.8 Å². The number of para-hydroxylation sites is 2. The van der Waals surface area contributed by atoms with Gasteiger partial charge in [-0.3, -0.25) is 9.69 Å². The summed E-state index contributed by atoms with van der Waals surface area (Å²) < 4.78 is 0. The number of hydrogen-bond acceptors (Lipinski definition) is 4. The molecular formula is C21H26N6O. The SMILES string of the molecule is O=C1CC[C@H]2CN(Cc3nc4ccccc4[nH]3)CC[C@H]2N1CCc1cnc[nH]1. The topological polar surface area (TPSA) is 80.9 Å². The van der Waals surface area contributed by atoms with Crippen LogP contribution in [-0.2, 0) is 17.8 Å². The van der Waals surface area contributed by atoms with E-state index in [0.29, 0.717) is 24.3 Å². The van der Waals surface area contributed by atoms with Crippen LogP contribution in [0.5, 0.6) is 0 Å². The summed E-state index contributed by atoms with van der Waals surface area (Å²) in [6.45, 7) is 3.67. The molecule has 4 heterocycles. The van der Waals surface area contributed by atoms with Crippen molar-refractivity contribution in [3.05, 3.63) is 48.3 Å². The predicted octanol–water partition coefficient (Wildman–Crippen LogP) is 2.34. The number of piperidine rings is 2. The number of imidazole rings is 2. The molecule has 2 N–H and O–H groups in total. The van der Waals surface area contributed by atoms with Gasteiger partial charge in [0.1, 0.15) is 5.82 Å². The Labute approximate surface area is 164 Å². The summed E-state index contributed by atoms with van der Waals surface area (Å²) in [4.78, 5) is 32.6. The Morgan fingerprint density at radius 3 is 3.00 bits per heavy atom. The fourth-order valence-corrected chi connectivity index (χ4v) is 4.82. The van der Waals surface area contributed by atoms with E-state index < -0.39 is 0 Å². The number of hydrogen-bond donors (Lipinski definition) is 2. The molecule has 0 saturated carbocycles. The van der Waals surface area contributed by atoms with Crippen molar-refractivity contribution in [2.45, 2.75) is 38.3 Å². The van der Waals surface area contributed by atoms with Crippen molar-refractivity contribution in [2.75, 3.05) is 19.6 Å². The highest BCUT2D eigenvalue weighted by Gasteiger charge is 2.39. The number of benzene rings is 1. The van der Waals surface area contributed by atoms with E-state index in [1.165, 1.54) is 0 Å². The Hall–Kier alpha value is -2.67. The van der Waals surface area contributed by atoms with Crippen LogP contribution >= 0.6 is 0 Å². The summed E-state index contributed by atoms with van der Waals surface area (Å²) in [5.41, 5.74) is 3.22. The van der Waals surface area contributed by atoms with Crippen LogP contribution in [0, 0.1) is 5.92 Å². The van der Waals surface area contributed by atoms with Crippen LogP contribution in [0.3, 0.4) is 0 Å². The number of H-pyrrole nitrogens is 2. The fourth-order valence-electron chi connectivity index (χ4n) is 4.82. The van der Waals surface area contributed by atoms with Crippen LogP contribution in [0.2, 0.25) is 0 Å². The molecule has 146 valence electrons. The van der Waals surface area contributed by atoms with Gasteiger partial charge < -0.3 is 14.9 Å². The number of carbonyl (C=O) groups is 1. The lowest BCUT2D eigenvalue weighted by molar-refractivity contribution is -0.141. The lowest BCUT2D eigenvalue weighted by atomic mass is 9.83. The van der Waals surface area contributed by atoms with Gasteiger partial charge in [-0.05, 0) is 30.9 Å². The van der Waals surface area contributed by atoms with E-state index in [0.717, 1.165) is 68.0 Å². The summed E-state index contributed by atoms with van der Waals surface area (Å²) in [5, 5.41) is 0. The Kier molecular flexibility index (Phi) is 4.60. The molecule has 1 amide bonds. The lowest BCUT2D eigenvalue weighted by Gasteiger charge is -2.47. The van der Waals surface area contributed by atoms with Gasteiger partial charge in [-0.15, -0.1) is 0 Å². The molecule has 1 aromatic carbocycles. The van der Waals surface area contributed by atoms with Gasteiger partial charge in [0.2, 0.25) is 5.91 Å². The standard InChI is InChI=1S/C21H26N6O/c28-21-6-5-15-12-26(13-20-24-17-3-1-2-4-18(17)25-20)9-8-19(15)27(21)10-7-16-11-22-14-23-16/h1-4,11,14-15,19H,5-10,12-13H2,(H,22,23)(H,24,25)/t15-,19+/m0/s1. The maximum Gasteiger partial charge on any atom is 0.222 e. The number of carbonyl (C=O) groups excluding carboxylic acids is 1. The second-order valence-corrected chi connectivity index (χ2v) is 8.00. The molecule has 7 nitrogen and oxygen atoms in total. The zero-order chi connectivity index (χ0) is 18.9. The second kappa shape index (κ2) is 7.39. The zero-order valence-electron chi connectivity index (χ0n) is 16.0. The summed E-state index contributed by atoms with van der Waals surface area (Å²) in [7, 11) is 0. The second-order valence-electron chi connectivity index (χ2n) is 8.00. The van der Waals surface area contributed by atoms with Crippen molar-refractivity contribution in [2.24, 2.45) is 5.92 Å². The zero-order valence-corrected chi connectivity index (χ0v) is 16.0. The molecule has 2 aromatic heterocycles. The maximum absolute atomic E-state index is 12.6. The van der Waals surface area contributed by atoms with Crippen LogP contribution in [-0.4, -0.2) is 61.3 Å². The van der Waals surface area contributed by atoms with E-state index in [1.807, 2.05) is 24.4 Å². The first-order chi connectivity index (χ1) is 13.8. The number of rotatable bonds is 5. The van der Waals surface area contributed by atoms with Crippen LogP contribution in [0.1, 0.15) is 30.8 Å². The minimum absolute atomic E-state index is 0.312. The van der Waals surface area contributed by atoms with Crippen molar-refractivity contribution >= 4 is 16.9 Å². The van der Waals surface area contributed by atoms with E-state index in [1.54, 1.807) is 6.33 Å². The third kappa shape index (κ3) is 3.42. The number of aromatic amines is 2. The van der Waals surface area contributed by atoms with Gasteiger partial charge in [0.15, 0.2) is 0 Å². The minimum atomic E-state index is 0.312. The lowest BCUT2D eigenvalue weighted by Crippen LogP contribution is -2.56. The Morgan fingerprint density at radius 2 is 2.14 bits per heavy atom. The number of likely N-dealkylation sites (tertiary alicyclic amines) is 2. The molecule has 2 saturated heterocycles. The number of fused-ring (bicyclic) bond motifs is 2. The van der Waals surface area contributed by atoms with Crippen molar-refractivity contribution in [3.63, 3.8) is 0 Å². The highest BCUT2D eigenvalue weighted by molar-refractivity contribution is 5.77. The van der Waals surface area contributed by atoms with Gasteiger partial charge in [-0.2, -0.15) is 0 Å². The third-order valence-electron chi connectivity index (χ3n) is 6.22. The van der Waals surface area contributed by atoms with E-state index >= 15 is 0 Å². The fraction of sp³-hybridized carbons (Fsp3) is 0.476. The monoisotopic (exact) mass is 378 g/mol. The molecule has 0 bridgehead atoms. The molecule has 5 rings (SSSR count). The quantitative estimate of drug-likeness (QED) is 0.714. The average Bonchev–Trinajstić information content (AvgIpc) is 3.36. The van der Waals surface area contributed by atoms with E-state index in [-0.39, 0.29) is 0 Å². The van der Waals surface area contributed by atoms with Crippen LogP contribution in [0.15, 0.2) is 36.8 Å². The molecule has 2 aliphatic rings. The van der Waals surface area contributed by atoms with Gasteiger partial charge in [0.25, 0.3) is 0 Å². The molecule has 2 aliphatic heterocycles. The van der Waals surface area contributed by atoms with Crippen molar-refractivity contribution < 1.29 is 4.79 Å². The van der Waals surface area contributed by atoms with Crippen LogP contribution in [0.25, 0.3) is 11.0 Å². The maximum atomic E-state index is 12.6. The van der Waals surface area contributed by atoms with E-state index in [9.17, 15) is 4.79 Å². The largest absolute Gasteiger partial charge is 0.348 e. The molecule has 0 unspecified atom stereocenters. The molecule has 0 spiro atoms. The smallest absolute Gasteiger partial charge is 0.222 e. The summed E-state index contributed by atoms with van der Waals surface area (Å²) in [6.07, 6.45) is 7.11. The first-order valence-electron chi connectivity index (χ1n) is 10.2. The molecule has 3 aromatic rings. The molecule has 0 radical (unpaired) electrons. The highest BCUT2D eigenvalue weighted by Crippen LogP contribution is 2.32. The van der Waals surface area contributed by atoms with Gasteiger partial charge in [0, 0.05) is 50.4 Å². The van der Waals surface area contributed by atoms with Gasteiger partial charge >= 0.3 is 0 Å². The summed E-state index contributed by atoms with van der Waals surface area (Å²) in [6, 6.07) is 8.55. The molecular weight excluding hydrogens is 352 g/mol. The molecule has 28 heavy (non-hydrogen) atoms. The van der Waals surface area contributed by atoms with E-state index in [4.69, 9.17) is 4.98 Å². The predicted molar refractivity (Wildman–Crippen MR) is 107 cm³/mol. The Balaban J connectivity index is 1.23. The summed E-state index contributed by atoms with van der Waals surface area (Å²) >= 11 is 0. The molecule has 0 aliphatic carbocycles. The Morgan fingerprint density at radius 1 is 1.21 bits per heavy atom. The van der Waals surface area contributed by atoms with Crippen molar-refractivity contribution in [1.29, 1.82) is 0 Å². The first-order valence-corrected chi connectivity index (χ1v) is 10.2.